The van der Waals surface area contributed by atoms with Crippen LogP contribution in [0.2, 0.25) is 0 Å². The molecule has 0 N–H and O–H groups in total. The fraction of sp³-hybridized carbons (Fsp3) is 0.538. The summed E-state index contributed by atoms with van der Waals surface area (Å²) in [5.41, 5.74) is 2.16. The van der Waals surface area contributed by atoms with Crippen LogP contribution >= 0.6 is 7.94 Å². The van der Waals surface area contributed by atoms with E-state index in [1.165, 1.54) is 0 Å². The van der Waals surface area contributed by atoms with E-state index in [2.05, 4.69) is 4.90 Å². The maximum Gasteiger partial charge on any atom is 1.00 e. The Labute approximate surface area is 172 Å². The smallest absolute Gasteiger partial charge is 0.688 e. The average Bonchev–Trinajstić information content (AvgIpc) is 2.33. The van der Waals surface area contributed by atoms with Crippen molar-refractivity contribution in [2.45, 2.75) is 13.3 Å². The molecule has 0 unspecified atom stereocenters. The fourth-order valence-electron chi connectivity index (χ4n) is 1.89. The molecule has 0 radical (unpaired) electrons. The van der Waals surface area contributed by atoms with Gasteiger partial charge in [-0.05, 0) is 37.6 Å². The van der Waals surface area contributed by atoms with Crippen molar-refractivity contribution in [3.05, 3.63) is 24.3 Å². The predicted octanol–water partition coefficient (Wildman–Crippen LogP) is -6.18. The zero-order valence-corrected chi connectivity index (χ0v) is 18.6. The Bertz CT molecular complexity index is 386. The van der Waals surface area contributed by atoms with Crippen molar-refractivity contribution in [3.8, 4) is 0 Å². The molecule has 0 amide bonds. The molecular weight excluding hydrogens is 309 g/mol. The van der Waals surface area contributed by atoms with Crippen LogP contribution in [-0.2, 0) is 0 Å². The Morgan fingerprint density at radius 3 is 1.81 bits per heavy atom. The van der Waals surface area contributed by atoms with Crippen molar-refractivity contribution in [2.75, 3.05) is 43.1 Å². The van der Waals surface area contributed by atoms with Gasteiger partial charge in [0.2, 0.25) is 0 Å². The zero-order chi connectivity index (χ0) is 14.5. The molecule has 0 aliphatic rings. The molecule has 5 nitrogen and oxygen atoms in total. The summed E-state index contributed by atoms with van der Waals surface area (Å²) < 4.78 is 0. The second-order valence-electron chi connectivity index (χ2n) is 4.68. The Hall–Kier alpha value is 1.13. The summed E-state index contributed by atoms with van der Waals surface area (Å²) in [6, 6.07) is 8.05. The van der Waals surface area contributed by atoms with Gasteiger partial charge in [0.15, 0.2) is 0 Å². The number of rotatable bonds is 7. The van der Waals surface area contributed by atoms with Crippen molar-refractivity contribution < 1.29 is 73.8 Å². The molecular formula is C13H21N2Na2O3P. The topological polar surface area (TPSA) is 75.7 Å². The summed E-state index contributed by atoms with van der Waals surface area (Å²) in [7, 11) is -0.421. The van der Waals surface area contributed by atoms with Gasteiger partial charge >= 0.3 is 59.1 Å². The molecule has 1 aromatic rings. The Balaban J connectivity index is 0. The second-order valence-corrected chi connectivity index (χ2v) is 6.35. The molecule has 0 aliphatic heterocycles. The van der Waals surface area contributed by atoms with Crippen molar-refractivity contribution in [1.82, 2.24) is 0 Å². The second kappa shape index (κ2) is 11.6. The van der Waals surface area contributed by atoms with E-state index in [4.69, 9.17) is 0 Å². The number of benzene rings is 1. The standard InChI is InChI=1S/C13H23N2O3P.2Na/c1-4-15(10-5-11-19(16,17)18)13-8-6-12(7-9-13)14(2)3;;/h6-9H,4-5,10-11H2,1-3H3,(H2,16,17,18);;/q;2*+1/p-2. The zero-order valence-electron chi connectivity index (χ0n) is 13.7. The van der Waals surface area contributed by atoms with E-state index in [1.807, 2.05) is 50.2 Å². The van der Waals surface area contributed by atoms with E-state index < -0.39 is 7.94 Å². The average molecular weight is 330 g/mol. The van der Waals surface area contributed by atoms with Gasteiger partial charge in [-0.3, -0.25) is 0 Å². The van der Waals surface area contributed by atoms with E-state index in [9.17, 15) is 14.7 Å². The van der Waals surface area contributed by atoms with E-state index in [-0.39, 0.29) is 65.3 Å². The minimum atomic E-state index is -4.38. The van der Waals surface area contributed by atoms with Gasteiger partial charge in [-0.1, -0.05) is 0 Å². The van der Waals surface area contributed by atoms with Gasteiger partial charge in [-0.25, -0.2) is 0 Å². The molecule has 0 fully saturated rings. The molecule has 21 heavy (non-hydrogen) atoms. The molecule has 0 bridgehead atoms. The molecule has 0 aromatic heterocycles. The molecule has 0 heterocycles. The summed E-state index contributed by atoms with van der Waals surface area (Å²) in [5.74, 6) is 0. The third-order valence-electron chi connectivity index (χ3n) is 2.97. The van der Waals surface area contributed by atoms with Crippen LogP contribution in [0.15, 0.2) is 24.3 Å². The molecule has 1 rings (SSSR count). The summed E-state index contributed by atoms with van der Waals surface area (Å²) in [5, 5.41) is 0. The number of anilines is 2. The molecule has 0 saturated heterocycles. The summed E-state index contributed by atoms with van der Waals surface area (Å²) in [4.78, 5) is 35.9. The molecule has 108 valence electrons. The van der Waals surface area contributed by atoms with Gasteiger partial charge in [-0.2, -0.15) is 7.94 Å². The summed E-state index contributed by atoms with van der Waals surface area (Å²) in [6.45, 7) is 3.36. The van der Waals surface area contributed by atoms with E-state index in [0.717, 1.165) is 17.9 Å². The molecule has 0 saturated carbocycles. The first kappa shape index (κ1) is 24.4. The van der Waals surface area contributed by atoms with Crippen LogP contribution in [-0.4, -0.2) is 33.3 Å². The normalized spacial score (nSPS) is 10.4. The van der Waals surface area contributed by atoms with Crippen molar-refractivity contribution in [1.29, 1.82) is 0 Å². The minimum Gasteiger partial charge on any atom is -0.688 e. The van der Waals surface area contributed by atoms with Crippen LogP contribution in [0.5, 0.6) is 0 Å². The van der Waals surface area contributed by atoms with Crippen molar-refractivity contribution >= 4 is 19.3 Å². The van der Waals surface area contributed by atoms with E-state index >= 15 is 0 Å². The van der Waals surface area contributed by atoms with Crippen LogP contribution < -0.4 is 83.6 Å². The van der Waals surface area contributed by atoms with Crippen LogP contribution in [0.25, 0.3) is 0 Å². The molecule has 0 spiro atoms. The number of nitrogens with zero attached hydrogens (tertiary/aromatic N) is 2. The first-order valence-electron chi connectivity index (χ1n) is 6.37. The van der Waals surface area contributed by atoms with Gasteiger partial charge < -0.3 is 24.5 Å². The maximum atomic E-state index is 10.6. The Morgan fingerprint density at radius 2 is 1.43 bits per heavy atom. The summed E-state index contributed by atoms with van der Waals surface area (Å²) in [6.07, 6.45) is 0.0901. The maximum absolute atomic E-state index is 10.6. The third-order valence-corrected chi connectivity index (χ3v) is 3.84. The van der Waals surface area contributed by atoms with Gasteiger partial charge in [0, 0.05) is 44.7 Å². The predicted molar refractivity (Wildman–Crippen MR) is 75.1 cm³/mol. The van der Waals surface area contributed by atoms with Crippen LogP contribution in [0, 0.1) is 0 Å². The Morgan fingerprint density at radius 1 is 0.952 bits per heavy atom. The van der Waals surface area contributed by atoms with Crippen LogP contribution in [0.3, 0.4) is 0 Å². The van der Waals surface area contributed by atoms with Crippen LogP contribution in [0.4, 0.5) is 11.4 Å². The largest absolute Gasteiger partial charge is 1.00 e. The monoisotopic (exact) mass is 330 g/mol. The first-order chi connectivity index (χ1) is 8.83. The van der Waals surface area contributed by atoms with Crippen molar-refractivity contribution in [3.63, 3.8) is 0 Å². The van der Waals surface area contributed by atoms with Gasteiger partial charge in [0.05, 0.1) is 0 Å². The molecule has 0 atom stereocenters. The van der Waals surface area contributed by atoms with E-state index in [1.54, 1.807) is 0 Å². The molecule has 8 heteroatoms. The summed E-state index contributed by atoms with van der Waals surface area (Å²) >= 11 is 0. The SMILES string of the molecule is CCN(CCC[P+]([O-])([O-])[O-])c1ccc(N(C)C)cc1.[Na+].[Na+]. The van der Waals surface area contributed by atoms with E-state index in [0.29, 0.717) is 13.0 Å². The molecule has 1 aromatic carbocycles. The van der Waals surface area contributed by atoms with Crippen LogP contribution in [0.1, 0.15) is 13.3 Å². The van der Waals surface area contributed by atoms with Gasteiger partial charge in [0.25, 0.3) is 0 Å². The van der Waals surface area contributed by atoms with Gasteiger partial charge in [0.1, 0.15) is 0 Å². The number of hydrogen-bond donors (Lipinski definition) is 0. The third kappa shape index (κ3) is 9.77. The Kier molecular flexibility index (Phi) is 13.5. The quantitative estimate of drug-likeness (QED) is 0.367. The minimum absolute atomic E-state index is 0. The fourth-order valence-corrected chi connectivity index (χ4v) is 2.42. The molecule has 0 aliphatic carbocycles. The van der Waals surface area contributed by atoms with Crippen molar-refractivity contribution in [2.24, 2.45) is 0 Å². The van der Waals surface area contributed by atoms with Gasteiger partial charge in [-0.15, -0.1) is 0 Å². The number of hydrogen-bond acceptors (Lipinski definition) is 5. The first-order valence-corrected chi connectivity index (χ1v) is 8.09.